The molecule has 1 fully saturated rings. The third-order valence-electron chi connectivity index (χ3n) is 3.23. The highest BCUT2D eigenvalue weighted by molar-refractivity contribution is 6.20. The number of hydrogen-bond acceptors (Lipinski definition) is 1. The minimum Gasteiger partial charge on any atom is -0.326 e. The minimum absolute atomic E-state index is 0.149. The molecule has 0 spiro atoms. The fourth-order valence-corrected chi connectivity index (χ4v) is 2.34. The van der Waals surface area contributed by atoms with Crippen LogP contribution in [-0.2, 0) is 6.54 Å². The van der Waals surface area contributed by atoms with Gasteiger partial charge >= 0.3 is 0 Å². The van der Waals surface area contributed by atoms with Crippen molar-refractivity contribution >= 4 is 22.6 Å². The maximum Gasteiger partial charge on any atom is 0.127 e. The molecule has 2 aromatic rings. The van der Waals surface area contributed by atoms with Crippen LogP contribution in [0.2, 0.25) is 0 Å². The third-order valence-corrected chi connectivity index (χ3v) is 3.43. The van der Waals surface area contributed by atoms with Gasteiger partial charge in [0.15, 0.2) is 0 Å². The van der Waals surface area contributed by atoms with E-state index in [2.05, 4.69) is 9.55 Å². The van der Waals surface area contributed by atoms with Gasteiger partial charge in [-0.15, -0.1) is 11.6 Å². The monoisotopic (exact) mass is 252 g/mol. The summed E-state index contributed by atoms with van der Waals surface area (Å²) in [4.78, 5) is 4.44. The predicted molar refractivity (Wildman–Crippen MR) is 66.7 cm³/mol. The van der Waals surface area contributed by atoms with E-state index in [1.54, 1.807) is 6.07 Å². The zero-order valence-electron chi connectivity index (χ0n) is 9.66. The van der Waals surface area contributed by atoms with Gasteiger partial charge in [-0.2, -0.15) is 0 Å². The maximum atomic E-state index is 13.2. The molecule has 0 amide bonds. The number of aromatic nitrogens is 2. The van der Waals surface area contributed by atoms with Gasteiger partial charge in [0.25, 0.3) is 0 Å². The molecule has 0 saturated heterocycles. The van der Waals surface area contributed by atoms with Crippen molar-refractivity contribution in [2.24, 2.45) is 5.92 Å². The Morgan fingerprint density at radius 2 is 2.29 bits per heavy atom. The highest BCUT2D eigenvalue weighted by Gasteiger charge is 2.25. The molecular formula is C13H14ClFN2. The number of fused-ring (bicyclic) bond motifs is 1. The average molecular weight is 253 g/mol. The highest BCUT2D eigenvalue weighted by Crippen LogP contribution is 2.34. The van der Waals surface area contributed by atoms with Gasteiger partial charge in [0.1, 0.15) is 11.6 Å². The summed E-state index contributed by atoms with van der Waals surface area (Å²) in [6.45, 7) is 2.86. The first-order valence-electron chi connectivity index (χ1n) is 5.95. The Labute approximate surface area is 104 Å². The summed E-state index contributed by atoms with van der Waals surface area (Å²) in [5.41, 5.74) is 1.69. The summed E-state index contributed by atoms with van der Waals surface area (Å²) in [6, 6.07) is 4.75. The van der Waals surface area contributed by atoms with Crippen molar-refractivity contribution in [3.63, 3.8) is 0 Å². The molecule has 0 N–H and O–H groups in total. The van der Waals surface area contributed by atoms with Gasteiger partial charge in [-0.3, -0.25) is 0 Å². The Morgan fingerprint density at radius 1 is 1.53 bits per heavy atom. The van der Waals surface area contributed by atoms with Gasteiger partial charge in [-0.1, -0.05) is 0 Å². The summed E-state index contributed by atoms with van der Waals surface area (Å²) in [7, 11) is 0. The number of rotatable bonds is 3. The van der Waals surface area contributed by atoms with E-state index in [1.807, 2.05) is 6.92 Å². The first-order valence-corrected chi connectivity index (χ1v) is 6.38. The summed E-state index contributed by atoms with van der Waals surface area (Å²) < 4.78 is 15.3. The van der Waals surface area contributed by atoms with Crippen molar-refractivity contribution in [2.45, 2.75) is 31.7 Å². The molecule has 4 heteroatoms. The second kappa shape index (κ2) is 3.98. The molecule has 3 rings (SSSR count). The minimum atomic E-state index is -0.248. The van der Waals surface area contributed by atoms with Crippen LogP contribution in [0, 0.1) is 11.7 Å². The van der Waals surface area contributed by atoms with Crippen LogP contribution in [-0.4, -0.2) is 9.55 Å². The zero-order chi connectivity index (χ0) is 12.0. The summed E-state index contributed by atoms with van der Waals surface area (Å²) in [5.74, 6) is 1.34. The maximum absolute atomic E-state index is 13.2. The molecule has 90 valence electrons. The largest absolute Gasteiger partial charge is 0.326 e. The van der Waals surface area contributed by atoms with Crippen LogP contribution >= 0.6 is 11.6 Å². The molecule has 0 aliphatic heterocycles. The van der Waals surface area contributed by atoms with Crippen molar-refractivity contribution in [1.29, 1.82) is 0 Å². The second-order valence-corrected chi connectivity index (χ2v) is 5.43. The fourth-order valence-electron chi connectivity index (χ4n) is 2.18. The van der Waals surface area contributed by atoms with E-state index in [9.17, 15) is 4.39 Å². The molecule has 0 radical (unpaired) electrons. The highest BCUT2D eigenvalue weighted by atomic mass is 35.5. The van der Waals surface area contributed by atoms with E-state index in [1.165, 1.54) is 25.0 Å². The molecule has 2 nitrogen and oxygen atoms in total. The van der Waals surface area contributed by atoms with E-state index in [0.717, 1.165) is 23.8 Å². The van der Waals surface area contributed by atoms with E-state index >= 15 is 0 Å². The molecular weight excluding hydrogens is 239 g/mol. The van der Waals surface area contributed by atoms with E-state index in [0.29, 0.717) is 5.52 Å². The molecule has 0 bridgehead atoms. The van der Waals surface area contributed by atoms with Crippen LogP contribution in [0.3, 0.4) is 0 Å². The van der Waals surface area contributed by atoms with Gasteiger partial charge < -0.3 is 4.57 Å². The lowest BCUT2D eigenvalue weighted by molar-refractivity contribution is 0.610. The molecule has 1 unspecified atom stereocenters. The van der Waals surface area contributed by atoms with E-state index in [-0.39, 0.29) is 11.2 Å². The third kappa shape index (κ3) is 2.04. The molecule has 1 atom stereocenters. The molecule has 1 heterocycles. The fraction of sp³-hybridized carbons (Fsp3) is 0.462. The normalized spacial score (nSPS) is 17.6. The lowest BCUT2D eigenvalue weighted by atomic mass is 10.3. The summed E-state index contributed by atoms with van der Waals surface area (Å²) >= 11 is 6.15. The molecule has 1 saturated carbocycles. The van der Waals surface area contributed by atoms with Gasteiger partial charge in [0.05, 0.1) is 16.4 Å². The predicted octanol–water partition coefficient (Wildman–Crippen LogP) is 3.89. The van der Waals surface area contributed by atoms with Crippen LogP contribution in [0.5, 0.6) is 0 Å². The molecule has 17 heavy (non-hydrogen) atoms. The number of nitrogens with zero attached hydrogens (tertiary/aromatic N) is 2. The Kier molecular flexibility index (Phi) is 2.58. The Morgan fingerprint density at radius 3 is 2.94 bits per heavy atom. The van der Waals surface area contributed by atoms with Gasteiger partial charge in [-0.25, -0.2) is 9.37 Å². The van der Waals surface area contributed by atoms with Crippen molar-refractivity contribution in [3.05, 3.63) is 29.8 Å². The van der Waals surface area contributed by atoms with Crippen LogP contribution in [0.4, 0.5) is 4.39 Å². The van der Waals surface area contributed by atoms with E-state index < -0.39 is 0 Å². The number of hydrogen-bond donors (Lipinski definition) is 0. The van der Waals surface area contributed by atoms with Crippen molar-refractivity contribution in [3.8, 4) is 0 Å². The first-order chi connectivity index (χ1) is 8.15. The molecule has 1 aliphatic rings. The zero-order valence-corrected chi connectivity index (χ0v) is 10.4. The van der Waals surface area contributed by atoms with Crippen molar-refractivity contribution < 1.29 is 4.39 Å². The molecule has 1 aliphatic carbocycles. The van der Waals surface area contributed by atoms with Crippen LogP contribution in [0.25, 0.3) is 11.0 Å². The summed E-state index contributed by atoms with van der Waals surface area (Å²) in [5, 5.41) is -0.149. The number of halogens is 2. The SMILES string of the molecule is CC(Cl)c1nc2cc(F)ccc2n1CC1CC1. The van der Waals surface area contributed by atoms with Crippen LogP contribution < -0.4 is 0 Å². The molecule has 1 aromatic heterocycles. The Hall–Kier alpha value is -1.09. The van der Waals surface area contributed by atoms with Crippen LogP contribution in [0.15, 0.2) is 18.2 Å². The number of imidazole rings is 1. The van der Waals surface area contributed by atoms with Crippen molar-refractivity contribution in [1.82, 2.24) is 9.55 Å². The first kappa shape index (κ1) is 11.0. The Balaban J connectivity index is 2.15. The standard InChI is InChI=1S/C13H14ClFN2/c1-8(14)13-16-11-6-10(15)4-5-12(11)17(13)7-9-2-3-9/h4-6,8-9H,2-3,7H2,1H3. The topological polar surface area (TPSA) is 17.8 Å². The molecule has 1 aromatic carbocycles. The lowest BCUT2D eigenvalue weighted by Gasteiger charge is -2.09. The van der Waals surface area contributed by atoms with Gasteiger partial charge in [-0.05, 0) is 37.8 Å². The average Bonchev–Trinajstić information content (AvgIpc) is 3.00. The summed E-state index contributed by atoms with van der Waals surface area (Å²) in [6.07, 6.45) is 2.55. The lowest BCUT2D eigenvalue weighted by Crippen LogP contribution is -2.05. The number of alkyl halides is 1. The van der Waals surface area contributed by atoms with Gasteiger partial charge in [0.2, 0.25) is 0 Å². The van der Waals surface area contributed by atoms with E-state index in [4.69, 9.17) is 11.6 Å². The number of benzene rings is 1. The van der Waals surface area contributed by atoms with Crippen molar-refractivity contribution in [2.75, 3.05) is 0 Å². The van der Waals surface area contributed by atoms with Gasteiger partial charge in [0, 0.05) is 12.6 Å². The quantitative estimate of drug-likeness (QED) is 0.758. The second-order valence-electron chi connectivity index (χ2n) is 4.77. The Bertz CT molecular complexity index is 558. The smallest absolute Gasteiger partial charge is 0.127 e. The van der Waals surface area contributed by atoms with Crippen LogP contribution in [0.1, 0.15) is 31.0 Å².